The van der Waals surface area contributed by atoms with Crippen molar-refractivity contribution < 1.29 is 14.3 Å². The van der Waals surface area contributed by atoms with E-state index in [9.17, 15) is 4.79 Å². The van der Waals surface area contributed by atoms with Gasteiger partial charge in [-0.2, -0.15) is 0 Å². The van der Waals surface area contributed by atoms with Crippen LogP contribution in [0.25, 0.3) is 0 Å². The predicted octanol–water partition coefficient (Wildman–Crippen LogP) is 3.68. The number of amides is 1. The van der Waals surface area contributed by atoms with E-state index in [0.717, 1.165) is 32.4 Å². The Kier molecular flexibility index (Phi) is 10.0. The maximum Gasteiger partial charge on any atom is 0.251 e. The van der Waals surface area contributed by atoms with Crippen LogP contribution in [0.3, 0.4) is 0 Å². The highest BCUT2D eigenvalue weighted by Crippen LogP contribution is 2.36. The van der Waals surface area contributed by atoms with Crippen LogP contribution in [0.2, 0.25) is 5.02 Å². The molecule has 2 rings (SSSR count). The summed E-state index contributed by atoms with van der Waals surface area (Å²) < 4.78 is 11.0. The lowest BCUT2D eigenvalue weighted by molar-refractivity contribution is 0.0951. The second kappa shape index (κ2) is 11.4. The molecule has 0 radical (unpaired) electrons. The van der Waals surface area contributed by atoms with Crippen molar-refractivity contribution in [3.05, 3.63) is 22.7 Å². The Bertz CT molecular complexity index is 549. The largest absolute Gasteiger partial charge is 0.493 e. The van der Waals surface area contributed by atoms with Crippen LogP contribution in [-0.2, 0) is 0 Å². The monoisotopic (exact) mass is 390 g/mol. The Morgan fingerprint density at radius 1 is 1.44 bits per heavy atom. The molecule has 1 atom stereocenters. The van der Waals surface area contributed by atoms with Crippen molar-refractivity contribution in [2.24, 2.45) is 5.92 Å². The van der Waals surface area contributed by atoms with Gasteiger partial charge in [0.05, 0.1) is 18.7 Å². The molecule has 1 saturated heterocycles. The molecule has 5 nitrogen and oxygen atoms in total. The van der Waals surface area contributed by atoms with Gasteiger partial charge >= 0.3 is 0 Å². The van der Waals surface area contributed by atoms with E-state index in [1.807, 2.05) is 0 Å². The highest BCUT2D eigenvalue weighted by Gasteiger charge is 2.17. The summed E-state index contributed by atoms with van der Waals surface area (Å²) in [6, 6.07) is 3.32. The first-order valence-electron chi connectivity index (χ1n) is 8.65. The molecule has 1 fully saturated rings. The first-order valence-corrected chi connectivity index (χ1v) is 9.02. The summed E-state index contributed by atoms with van der Waals surface area (Å²) in [4.78, 5) is 12.3. The number of carbonyl (C=O) groups excluding carboxylic acids is 1. The molecule has 0 aromatic heterocycles. The summed E-state index contributed by atoms with van der Waals surface area (Å²) in [6.07, 6.45) is 4.15. The Labute approximate surface area is 161 Å². The van der Waals surface area contributed by atoms with Crippen LogP contribution in [-0.4, -0.2) is 39.3 Å². The number of halogens is 2. The molecule has 1 aromatic rings. The Hall–Kier alpha value is -1.17. The summed E-state index contributed by atoms with van der Waals surface area (Å²) in [6.45, 7) is 5.45. The number of benzene rings is 1. The summed E-state index contributed by atoms with van der Waals surface area (Å²) in [5.74, 6) is 1.50. The van der Waals surface area contributed by atoms with Crippen molar-refractivity contribution >= 4 is 29.9 Å². The Morgan fingerprint density at radius 2 is 2.24 bits per heavy atom. The summed E-state index contributed by atoms with van der Waals surface area (Å²) in [7, 11) is 1.55. The third kappa shape index (κ3) is 6.57. The van der Waals surface area contributed by atoms with Gasteiger partial charge in [-0.15, -0.1) is 12.4 Å². The van der Waals surface area contributed by atoms with Crippen LogP contribution in [0, 0.1) is 5.92 Å². The number of carbonyl (C=O) groups is 1. The minimum absolute atomic E-state index is 0. The van der Waals surface area contributed by atoms with Gasteiger partial charge in [0.1, 0.15) is 0 Å². The highest BCUT2D eigenvalue weighted by molar-refractivity contribution is 6.32. The standard InChI is InChI=1S/C18H27ClN2O3.ClH/c1-3-4-9-24-17-15(19)10-14(11-16(17)23-2)18(22)21-8-6-13-5-7-20-12-13;/h10-11,13,20H,3-9,12H2,1-2H3,(H,21,22);1H. The van der Waals surface area contributed by atoms with Gasteiger partial charge in [0, 0.05) is 12.1 Å². The van der Waals surface area contributed by atoms with Crippen LogP contribution in [0.5, 0.6) is 11.5 Å². The molecule has 1 aliphatic heterocycles. The van der Waals surface area contributed by atoms with Crippen LogP contribution < -0.4 is 20.1 Å². The lowest BCUT2D eigenvalue weighted by atomic mass is 10.1. The van der Waals surface area contributed by atoms with E-state index in [0.29, 0.717) is 41.2 Å². The Balaban J connectivity index is 0.00000312. The molecule has 142 valence electrons. The molecule has 25 heavy (non-hydrogen) atoms. The van der Waals surface area contributed by atoms with Crippen molar-refractivity contribution in [1.82, 2.24) is 10.6 Å². The summed E-state index contributed by atoms with van der Waals surface area (Å²) >= 11 is 6.28. The predicted molar refractivity (Wildman–Crippen MR) is 104 cm³/mol. The molecule has 0 spiro atoms. The van der Waals surface area contributed by atoms with Gasteiger partial charge in [0.15, 0.2) is 11.5 Å². The minimum Gasteiger partial charge on any atom is -0.493 e. The number of rotatable bonds is 9. The third-order valence-electron chi connectivity index (χ3n) is 4.24. The highest BCUT2D eigenvalue weighted by atomic mass is 35.5. The first-order chi connectivity index (χ1) is 11.7. The molecule has 0 aliphatic carbocycles. The van der Waals surface area contributed by atoms with Crippen molar-refractivity contribution in [2.45, 2.75) is 32.6 Å². The van der Waals surface area contributed by atoms with E-state index in [1.54, 1.807) is 19.2 Å². The number of nitrogens with one attached hydrogen (secondary N) is 2. The number of unbranched alkanes of at least 4 members (excludes halogenated alkanes) is 1. The number of hydrogen-bond acceptors (Lipinski definition) is 4. The average molecular weight is 391 g/mol. The molecule has 0 saturated carbocycles. The van der Waals surface area contributed by atoms with Gasteiger partial charge in [-0.1, -0.05) is 24.9 Å². The number of hydrogen-bond donors (Lipinski definition) is 2. The Morgan fingerprint density at radius 3 is 2.88 bits per heavy atom. The average Bonchev–Trinajstić information content (AvgIpc) is 3.09. The van der Waals surface area contributed by atoms with Crippen molar-refractivity contribution in [1.29, 1.82) is 0 Å². The quantitative estimate of drug-likeness (QED) is 0.631. The maximum absolute atomic E-state index is 12.3. The molecular weight excluding hydrogens is 363 g/mol. The fourth-order valence-electron chi connectivity index (χ4n) is 2.76. The molecular formula is C18H28Cl2N2O3. The molecule has 0 bridgehead atoms. The van der Waals surface area contributed by atoms with Crippen LogP contribution in [0.4, 0.5) is 0 Å². The van der Waals surface area contributed by atoms with E-state index in [4.69, 9.17) is 21.1 Å². The van der Waals surface area contributed by atoms with Gasteiger partial charge < -0.3 is 20.1 Å². The molecule has 1 aliphatic rings. The maximum atomic E-state index is 12.3. The van der Waals surface area contributed by atoms with Crippen molar-refractivity contribution in [2.75, 3.05) is 33.4 Å². The second-order valence-corrected chi connectivity index (χ2v) is 6.50. The smallest absolute Gasteiger partial charge is 0.251 e. The lowest BCUT2D eigenvalue weighted by Gasteiger charge is -2.14. The normalized spacial score (nSPS) is 16.2. The van der Waals surface area contributed by atoms with Gasteiger partial charge in [-0.05, 0) is 50.4 Å². The van der Waals surface area contributed by atoms with Gasteiger partial charge in [0.2, 0.25) is 0 Å². The van der Waals surface area contributed by atoms with Gasteiger partial charge in [-0.25, -0.2) is 0 Å². The molecule has 7 heteroatoms. The number of ether oxygens (including phenoxy) is 2. The van der Waals surface area contributed by atoms with E-state index in [1.165, 1.54) is 6.42 Å². The zero-order valence-corrected chi connectivity index (χ0v) is 16.5. The SMILES string of the molecule is CCCCOc1c(Cl)cc(C(=O)NCCC2CCNC2)cc1OC.Cl. The first kappa shape index (κ1) is 21.9. The molecule has 2 N–H and O–H groups in total. The van der Waals surface area contributed by atoms with Crippen LogP contribution >= 0.6 is 24.0 Å². The lowest BCUT2D eigenvalue weighted by Crippen LogP contribution is -2.26. The van der Waals surface area contributed by atoms with E-state index >= 15 is 0 Å². The van der Waals surface area contributed by atoms with Crippen molar-refractivity contribution in [3.8, 4) is 11.5 Å². The van der Waals surface area contributed by atoms with Crippen LogP contribution in [0.1, 0.15) is 43.0 Å². The van der Waals surface area contributed by atoms with Crippen LogP contribution in [0.15, 0.2) is 12.1 Å². The second-order valence-electron chi connectivity index (χ2n) is 6.09. The molecule has 1 heterocycles. The summed E-state index contributed by atoms with van der Waals surface area (Å²) in [5.41, 5.74) is 0.490. The zero-order valence-electron chi connectivity index (χ0n) is 14.9. The topological polar surface area (TPSA) is 59.6 Å². The fourth-order valence-corrected chi connectivity index (χ4v) is 3.03. The van der Waals surface area contributed by atoms with Crippen molar-refractivity contribution in [3.63, 3.8) is 0 Å². The third-order valence-corrected chi connectivity index (χ3v) is 4.52. The zero-order chi connectivity index (χ0) is 17.4. The molecule has 1 amide bonds. The van der Waals surface area contributed by atoms with E-state index in [-0.39, 0.29) is 18.3 Å². The molecule has 1 unspecified atom stereocenters. The minimum atomic E-state index is -0.138. The van der Waals surface area contributed by atoms with E-state index in [2.05, 4.69) is 17.6 Å². The fraction of sp³-hybridized carbons (Fsp3) is 0.611. The summed E-state index contributed by atoms with van der Waals surface area (Å²) in [5, 5.41) is 6.68. The van der Waals surface area contributed by atoms with Gasteiger partial charge in [-0.3, -0.25) is 4.79 Å². The molecule has 1 aromatic carbocycles. The van der Waals surface area contributed by atoms with E-state index < -0.39 is 0 Å². The number of methoxy groups -OCH3 is 1. The van der Waals surface area contributed by atoms with Gasteiger partial charge in [0.25, 0.3) is 5.91 Å².